The Hall–Kier alpha value is -1.38. The Morgan fingerprint density at radius 1 is 1.05 bits per heavy atom. The van der Waals surface area contributed by atoms with Crippen LogP contribution in [0.5, 0.6) is 0 Å². The van der Waals surface area contributed by atoms with Crippen molar-refractivity contribution in [3.63, 3.8) is 0 Å². The lowest BCUT2D eigenvalue weighted by Gasteiger charge is -2.14. The van der Waals surface area contributed by atoms with Crippen LogP contribution in [0.25, 0.3) is 6.08 Å². The molecule has 2 heteroatoms. The van der Waals surface area contributed by atoms with Gasteiger partial charge in [-0.25, -0.2) is 0 Å². The highest BCUT2D eigenvalue weighted by atomic mass is 79.9. The van der Waals surface area contributed by atoms with E-state index in [2.05, 4.69) is 82.8 Å². The van der Waals surface area contributed by atoms with Gasteiger partial charge >= 0.3 is 0 Å². The first-order valence-corrected chi connectivity index (χ1v) is 7.26. The fraction of sp³-hybridized carbons (Fsp3) is 0.176. The van der Waals surface area contributed by atoms with Gasteiger partial charge < -0.3 is 5.32 Å². The van der Waals surface area contributed by atoms with Crippen molar-refractivity contribution in [1.29, 1.82) is 0 Å². The van der Waals surface area contributed by atoms with E-state index in [1.807, 2.05) is 12.1 Å². The molecule has 0 saturated heterocycles. The highest BCUT2D eigenvalue weighted by Crippen LogP contribution is 2.22. The molecule has 0 aliphatic heterocycles. The molecule has 0 heterocycles. The van der Waals surface area contributed by atoms with Crippen molar-refractivity contribution in [1.82, 2.24) is 5.32 Å². The van der Waals surface area contributed by atoms with Crippen molar-refractivity contribution in [2.24, 2.45) is 0 Å². The third-order valence-corrected chi connectivity index (χ3v) is 3.75. The fourth-order valence-corrected chi connectivity index (χ4v) is 2.57. The van der Waals surface area contributed by atoms with Crippen molar-refractivity contribution < 1.29 is 0 Å². The molecule has 2 aromatic carbocycles. The summed E-state index contributed by atoms with van der Waals surface area (Å²) in [6, 6.07) is 19.0. The standard InChI is InChI=1S/C17H18BrN/c1-14(16-11-5-6-12-17(16)18)19-13-7-10-15-8-3-2-4-9-15/h2-12,14,19H,13H2,1H3/b10-7+/t14-/m0/s1. The normalized spacial score (nSPS) is 12.7. The predicted octanol–water partition coefficient (Wildman–Crippen LogP) is 4.81. The molecule has 2 aromatic rings. The highest BCUT2D eigenvalue weighted by molar-refractivity contribution is 9.10. The maximum Gasteiger partial charge on any atom is 0.0305 e. The second-order valence-electron chi connectivity index (χ2n) is 4.46. The van der Waals surface area contributed by atoms with Gasteiger partial charge in [0.15, 0.2) is 0 Å². The van der Waals surface area contributed by atoms with Gasteiger partial charge in [-0.1, -0.05) is 76.6 Å². The van der Waals surface area contributed by atoms with E-state index in [4.69, 9.17) is 0 Å². The van der Waals surface area contributed by atoms with Gasteiger partial charge in [0.25, 0.3) is 0 Å². The molecule has 0 fully saturated rings. The third-order valence-electron chi connectivity index (χ3n) is 3.02. The average molecular weight is 316 g/mol. The van der Waals surface area contributed by atoms with E-state index < -0.39 is 0 Å². The molecule has 19 heavy (non-hydrogen) atoms. The number of rotatable bonds is 5. The van der Waals surface area contributed by atoms with Crippen molar-refractivity contribution in [2.75, 3.05) is 6.54 Å². The van der Waals surface area contributed by atoms with E-state index >= 15 is 0 Å². The quantitative estimate of drug-likeness (QED) is 0.834. The lowest BCUT2D eigenvalue weighted by molar-refractivity contribution is 0.616. The summed E-state index contributed by atoms with van der Waals surface area (Å²) in [6.45, 7) is 3.04. The van der Waals surface area contributed by atoms with Crippen molar-refractivity contribution >= 4 is 22.0 Å². The van der Waals surface area contributed by atoms with E-state index in [-0.39, 0.29) is 0 Å². The molecule has 98 valence electrons. The second kappa shape index (κ2) is 7.27. The zero-order valence-corrected chi connectivity index (χ0v) is 12.6. The minimum Gasteiger partial charge on any atom is -0.307 e. The van der Waals surface area contributed by atoms with Gasteiger partial charge in [0, 0.05) is 17.1 Å². The summed E-state index contributed by atoms with van der Waals surface area (Å²) < 4.78 is 1.15. The molecular weight excluding hydrogens is 298 g/mol. The number of halogens is 1. The van der Waals surface area contributed by atoms with Crippen LogP contribution < -0.4 is 5.32 Å². The number of nitrogens with one attached hydrogen (secondary N) is 1. The van der Waals surface area contributed by atoms with Gasteiger partial charge in [0.2, 0.25) is 0 Å². The van der Waals surface area contributed by atoms with Crippen molar-refractivity contribution in [2.45, 2.75) is 13.0 Å². The molecular formula is C17H18BrN. The zero-order valence-electron chi connectivity index (χ0n) is 11.0. The van der Waals surface area contributed by atoms with Gasteiger partial charge in [0.1, 0.15) is 0 Å². The second-order valence-corrected chi connectivity index (χ2v) is 5.32. The molecule has 0 radical (unpaired) electrons. The van der Waals surface area contributed by atoms with Crippen LogP contribution in [-0.4, -0.2) is 6.54 Å². The van der Waals surface area contributed by atoms with Gasteiger partial charge in [-0.2, -0.15) is 0 Å². The SMILES string of the molecule is C[C@H](NC/C=C/c1ccccc1)c1ccccc1Br. The van der Waals surface area contributed by atoms with Crippen LogP contribution in [0.4, 0.5) is 0 Å². The summed E-state index contributed by atoms with van der Waals surface area (Å²) in [4.78, 5) is 0. The lowest BCUT2D eigenvalue weighted by atomic mass is 10.1. The number of hydrogen-bond donors (Lipinski definition) is 1. The summed E-state index contributed by atoms with van der Waals surface area (Å²) in [6.07, 6.45) is 4.29. The maximum atomic E-state index is 3.58. The summed E-state index contributed by atoms with van der Waals surface area (Å²) in [5.74, 6) is 0. The smallest absolute Gasteiger partial charge is 0.0305 e. The number of hydrogen-bond acceptors (Lipinski definition) is 1. The summed E-state index contributed by atoms with van der Waals surface area (Å²) in [7, 11) is 0. The van der Waals surface area contributed by atoms with Crippen LogP contribution in [0, 0.1) is 0 Å². The van der Waals surface area contributed by atoms with Gasteiger partial charge in [0.05, 0.1) is 0 Å². The molecule has 0 aliphatic rings. The van der Waals surface area contributed by atoms with Crippen LogP contribution in [0.3, 0.4) is 0 Å². The van der Waals surface area contributed by atoms with Crippen molar-refractivity contribution in [3.05, 3.63) is 76.3 Å². The van der Waals surface area contributed by atoms with Crippen LogP contribution in [0.1, 0.15) is 24.1 Å². The first-order chi connectivity index (χ1) is 9.27. The topological polar surface area (TPSA) is 12.0 Å². The fourth-order valence-electron chi connectivity index (χ4n) is 1.94. The van der Waals surface area contributed by atoms with E-state index in [1.165, 1.54) is 11.1 Å². The van der Waals surface area contributed by atoms with Gasteiger partial charge in [-0.3, -0.25) is 0 Å². The first kappa shape index (κ1) is 14.0. The first-order valence-electron chi connectivity index (χ1n) is 6.47. The molecule has 1 atom stereocenters. The van der Waals surface area contributed by atoms with Crippen LogP contribution in [-0.2, 0) is 0 Å². The largest absolute Gasteiger partial charge is 0.307 e. The van der Waals surface area contributed by atoms with E-state index in [0.29, 0.717) is 6.04 Å². The molecule has 0 saturated carbocycles. The minimum atomic E-state index is 0.330. The van der Waals surface area contributed by atoms with Crippen molar-refractivity contribution in [3.8, 4) is 0 Å². The average Bonchev–Trinajstić information content (AvgIpc) is 2.45. The monoisotopic (exact) mass is 315 g/mol. The molecule has 0 spiro atoms. The molecule has 2 rings (SSSR count). The summed E-state index contributed by atoms with van der Waals surface area (Å²) >= 11 is 3.58. The van der Waals surface area contributed by atoms with Crippen LogP contribution in [0.15, 0.2) is 65.1 Å². The minimum absolute atomic E-state index is 0.330. The molecule has 0 aliphatic carbocycles. The Bertz CT molecular complexity index is 534. The third kappa shape index (κ3) is 4.34. The van der Waals surface area contributed by atoms with E-state index in [9.17, 15) is 0 Å². The Morgan fingerprint density at radius 3 is 2.47 bits per heavy atom. The van der Waals surface area contributed by atoms with Gasteiger partial charge in [-0.05, 0) is 24.1 Å². The van der Waals surface area contributed by atoms with E-state index in [0.717, 1.165) is 11.0 Å². The van der Waals surface area contributed by atoms with Crippen LogP contribution >= 0.6 is 15.9 Å². The van der Waals surface area contributed by atoms with Gasteiger partial charge in [-0.15, -0.1) is 0 Å². The Kier molecular flexibility index (Phi) is 5.37. The molecule has 0 aromatic heterocycles. The highest BCUT2D eigenvalue weighted by Gasteiger charge is 2.06. The Balaban J connectivity index is 1.86. The maximum absolute atomic E-state index is 3.58. The molecule has 0 amide bonds. The van der Waals surface area contributed by atoms with E-state index in [1.54, 1.807) is 0 Å². The molecule has 0 unspecified atom stereocenters. The summed E-state index contributed by atoms with van der Waals surface area (Å²) in [5, 5.41) is 3.49. The molecule has 1 nitrogen and oxygen atoms in total. The summed E-state index contributed by atoms with van der Waals surface area (Å²) in [5.41, 5.74) is 2.52. The lowest BCUT2D eigenvalue weighted by Crippen LogP contribution is -2.18. The predicted molar refractivity (Wildman–Crippen MR) is 86.0 cm³/mol. The Labute approximate surface area is 123 Å². The zero-order chi connectivity index (χ0) is 13.5. The molecule has 1 N–H and O–H groups in total. The molecule has 0 bridgehead atoms. The van der Waals surface area contributed by atoms with Crippen LogP contribution in [0.2, 0.25) is 0 Å². The Morgan fingerprint density at radius 2 is 1.74 bits per heavy atom. The number of benzene rings is 2.